The molecule has 2 aromatic rings. The van der Waals surface area contributed by atoms with Crippen molar-refractivity contribution in [3.05, 3.63) is 40.9 Å². The SMILES string of the molecule is CSCOc1c(Br)ccc2ccccc12. The lowest BCUT2D eigenvalue weighted by Gasteiger charge is -2.10. The largest absolute Gasteiger partial charge is 0.481 e. The molecule has 0 amide bonds. The van der Waals surface area contributed by atoms with Gasteiger partial charge in [-0.25, -0.2) is 0 Å². The molecule has 2 rings (SSSR count). The number of ether oxygens (including phenoxy) is 1. The zero-order valence-electron chi connectivity index (χ0n) is 8.37. The van der Waals surface area contributed by atoms with Crippen LogP contribution in [0.1, 0.15) is 0 Å². The van der Waals surface area contributed by atoms with Gasteiger partial charge in [0.2, 0.25) is 0 Å². The Bertz CT molecular complexity index is 470. The fourth-order valence-corrected chi connectivity index (χ4v) is 2.18. The van der Waals surface area contributed by atoms with Gasteiger partial charge in [-0.05, 0) is 33.6 Å². The molecule has 0 fully saturated rings. The van der Waals surface area contributed by atoms with Gasteiger partial charge in [0.05, 0.1) is 4.47 Å². The van der Waals surface area contributed by atoms with Crippen molar-refractivity contribution >= 4 is 38.5 Å². The van der Waals surface area contributed by atoms with Gasteiger partial charge in [-0.15, -0.1) is 11.8 Å². The van der Waals surface area contributed by atoms with E-state index < -0.39 is 0 Å². The standard InChI is InChI=1S/C12H11BrOS/c1-15-8-14-12-10-5-3-2-4-9(10)6-7-11(12)13/h2-7H,8H2,1H3. The zero-order valence-corrected chi connectivity index (χ0v) is 10.8. The predicted molar refractivity (Wildman–Crippen MR) is 70.7 cm³/mol. The minimum absolute atomic E-state index is 0.673. The van der Waals surface area contributed by atoms with E-state index >= 15 is 0 Å². The quantitative estimate of drug-likeness (QED) is 0.777. The summed E-state index contributed by atoms with van der Waals surface area (Å²) in [6.45, 7) is 0. The number of rotatable bonds is 3. The molecule has 0 N–H and O–H groups in total. The third-order valence-corrected chi connectivity index (χ3v) is 3.13. The Hall–Kier alpha value is -0.670. The van der Waals surface area contributed by atoms with E-state index in [0.717, 1.165) is 15.6 Å². The molecule has 0 heterocycles. The molecule has 0 aliphatic carbocycles. The summed E-state index contributed by atoms with van der Waals surface area (Å²) in [5.41, 5.74) is 0. The summed E-state index contributed by atoms with van der Waals surface area (Å²) in [6.07, 6.45) is 2.03. The van der Waals surface area contributed by atoms with Gasteiger partial charge in [-0.2, -0.15) is 0 Å². The summed E-state index contributed by atoms with van der Waals surface area (Å²) in [7, 11) is 0. The fraction of sp³-hybridized carbons (Fsp3) is 0.167. The van der Waals surface area contributed by atoms with Crippen LogP contribution in [0.3, 0.4) is 0 Å². The van der Waals surface area contributed by atoms with Crippen molar-refractivity contribution in [2.24, 2.45) is 0 Å². The van der Waals surface area contributed by atoms with Gasteiger partial charge in [-0.1, -0.05) is 30.3 Å². The first-order chi connectivity index (χ1) is 7.33. The summed E-state index contributed by atoms with van der Waals surface area (Å²) in [5, 5.41) is 2.36. The molecule has 0 saturated carbocycles. The van der Waals surface area contributed by atoms with Gasteiger partial charge in [0.25, 0.3) is 0 Å². The molecule has 0 aliphatic rings. The predicted octanol–water partition coefficient (Wildman–Crippen LogP) is 4.30. The maximum absolute atomic E-state index is 5.72. The molecule has 0 bridgehead atoms. The highest BCUT2D eigenvalue weighted by Crippen LogP contribution is 2.33. The van der Waals surface area contributed by atoms with Gasteiger partial charge in [-0.3, -0.25) is 0 Å². The molecule has 15 heavy (non-hydrogen) atoms. The second-order valence-corrected chi connectivity index (χ2v) is 4.82. The second-order valence-electron chi connectivity index (χ2n) is 3.15. The van der Waals surface area contributed by atoms with Crippen molar-refractivity contribution in [1.82, 2.24) is 0 Å². The number of hydrogen-bond acceptors (Lipinski definition) is 2. The number of hydrogen-bond donors (Lipinski definition) is 0. The molecule has 0 atom stereocenters. The minimum Gasteiger partial charge on any atom is -0.481 e. The Balaban J connectivity index is 2.53. The van der Waals surface area contributed by atoms with E-state index in [-0.39, 0.29) is 0 Å². The van der Waals surface area contributed by atoms with Crippen LogP contribution in [0, 0.1) is 0 Å². The number of halogens is 1. The van der Waals surface area contributed by atoms with Crippen molar-refractivity contribution in [3.8, 4) is 5.75 Å². The smallest absolute Gasteiger partial charge is 0.142 e. The number of benzene rings is 2. The van der Waals surface area contributed by atoms with Crippen LogP contribution in [0.25, 0.3) is 10.8 Å². The molecule has 0 saturated heterocycles. The Morgan fingerprint density at radius 2 is 2.00 bits per heavy atom. The molecule has 78 valence electrons. The molecular formula is C12H11BrOS. The zero-order chi connectivity index (χ0) is 10.7. The Morgan fingerprint density at radius 1 is 1.20 bits per heavy atom. The Morgan fingerprint density at radius 3 is 2.80 bits per heavy atom. The third kappa shape index (κ3) is 2.29. The van der Waals surface area contributed by atoms with Gasteiger partial charge in [0.1, 0.15) is 11.7 Å². The van der Waals surface area contributed by atoms with Crippen LogP contribution in [0.15, 0.2) is 40.9 Å². The molecule has 0 aliphatic heterocycles. The van der Waals surface area contributed by atoms with E-state index in [4.69, 9.17) is 4.74 Å². The summed E-state index contributed by atoms with van der Waals surface area (Å²) < 4.78 is 6.72. The minimum atomic E-state index is 0.673. The summed E-state index contributed by atoms with van der Waals surface area (Å²) in [6, 6.07) is 12.3. The highest BCUT2D eigenvalue weighted by Gasteiger charge is 2.05. The molecule has 0 radical (unpaired) electrons. The fourth-order valence-electron chi connectivity index (χ4n) is 1.48. The van der Waals surface area contributed by atoms with Gasteiger partial charge in [0, 0.05) is 5.39 Å². The first-order valence-electron chi connectivity index (χ1n) is 4.62. The average Bonchev–Trinajstić information content (AvgIpc) is 2.28. The van der Waals surface area contributed by atoms with Crippen LogP contribution in [0.4, 0.5) is 0 Å². The molecule has 2 aromatic carbocycles. The van der Waals surface area contributed by atoms with Crippen LogP contribution in [0.5, 0.6) is 5.75 Å². The lowest BCUT2D eigenvalue weighted by Crippen LogP contribution is -1.93. The first kappa shape index (κ1) is 10.8. The summed E-state index contributed by atoms with van der Waals surface area (Å²) in [4.78, 5) is 0. The van der Waals surface area contributed by atoms with Crippen LogP contribution < -0.4 is 4.74 Å². The van der Waals surface area contributed by atoms with Crippen molar-refractivity contribution in [3.63, 3.8) is 0 Å². The average molecular weight is 283 g/mol. The monoisotopic (exact) mass is 282 g/mol. The first-order valence-corrected chi connectivity index (χ1v) is 6.80. The molecular weight excluding hydrogens is 272 g/mol. The maximum Gasteiger partial charge on any atom is 0.142 e. The van der Waals surface area contributed by atoms with E-state index in [1.54, 1.807) is 11.8 Å². The molecule has 0 unspecified atom stereocenters. The Labute approximate surface area is 102 Å². The maximum atomic E-state index is 5.72. The van der Waals surface area contributed by atoms with Crippen LogP contribution >= 0.6 is 27.7 Å². The Kier molecular flexibility index (Phi) is 3.54. The van der Waals surface area contributed by atoms with Crippen molar-refractivity contribution in [2.75, 3.05) is 12.2 Å². The van der Waals surface area contributed by atoms with E-state index in [2.05, 4.69) is 34.1 Å². The van der Waals surface area contributed by atoms with Gasteiger partial charge >= 0.3 is 0 Å². The lowest BCUT2D eigenvalue weighted by atomic mass is 10.1. The number of fused-ring (bicyclic) bond motifs is 1. The van der Waals surface area contributed by atoms with Crippen molar-refractivity contribution in [2.45, 2.75) is 0 Å². The number of thioether (sulfide) groups is 1. The van der Waals surface area contributed by atoms with E-state index in [0.29, 0.717) is 5.94 Å². The van der Waals surface area contributed by atoms with Crippen LogP contribution in [0.2, 0.25) is 0 Å². The van der Waals surface area contributed by atoms with Crippen molar-refractivity contribution in [1.29, 1.82) is 0 Å². The normalized spacial score (nSPS) is 10.5. The highest BCUT2D eigenvalue weighted by molar-refractivity contribution is 9.10. The van der Waals surface area contributed by atoms with Gasteiger partial charge in [0.15, 0.2) is 0 Å². The summed E-state index contributed by atoms with van der Waals surface area (Å²) >= 11 is 5.18. The van der Waals surface area contributed by atoms with E-state index in [1.807, 2.05) is 24.5 Å². The molecule has 1 nitrogen and oxygen atoms in total. The topological polar surface area (TPSA) is 9.23 Å². The van der Waals surface area contributed by atoms with Gasteiger partial charge < -0.3 is 4.74 Å². The molecule has 3 heteroatoms. The van der Waals surface area contributed by atoms with E-state index in [1.165, 1.54) is 5.39 Å². The lowest BCUT2D eigenvalue weighted by molar-refractivity contribution is 0.396. The third-order valence-electron chi connectivity index (χ3n) is 2.15. The molecule has 0 spiro atoms. The van der Waals surface area contributed by atoms with Crippen molar-refractivity contribution < 1.29 is 4.74 Å². The highest BCUT2D eigenvalue weighted by atomic mass is 79.9. The van der Waals surface area contributed by atoms with Crippen LogP contribution in [-0.2, 0) is 0 Å². The summed E-state index contributed by atoms with van der Waals surface area (Å²) in [5.74, 6) is 1.61. The second kappa shape index (κ2) is 4.90. The van der Waals surface area contributed by atoms with Crippen LogP contribution in [-0.4, -0.2) is 12.2 Å². The molecule has 0 aromatic heterocycles. The van der Waals surface area contributed by atoms with E-state index in [9.17, 15) is 0 Å².